The predicted molar refractivity (Wildman–Crippen MR) is 116 cm³/mol. The Bertz CT molecular complexity index is 1090. The van der Waals surface area contributed by atoms with Crippen LogP contribution in [-0.2, 0) is 17.8 Å². The Hall–Kier alpha value is -3.24. The summed E-state index contributed by atoms with van der Waals surface area (Å²) >= 11 is 5.90. The number of carbonyl (C=O) groups excluding carboxylic acids is 1. The van der Waals surface area contributed by atoms with Crippen LogP contribution in [0.2, 0.25) is 5.02 Å². The molecule has 0 spiro atoms. The van der Waals surface area contributed by atoms with E-state index in [9.17, 15) is 4.79 Å². The third-order valence-electron chi connectivity index (χ3n) is 4.60. The molecule has 0 radical (unpaired) electrons. The molecule has 0 atom stereocenters. The number of aromatic amines is 1. The van der Waals surface area contributed by atoms with E-state index in [1.54, 1.807) is 0 Å². The summed E-state index contributed by atoms with van der Waals surface area (Å²) in [6.07, 6.45) is 2.23. The van der Waals surface area contributed by atoms with Crippen molar-refractivity contribution >= 4 is 39.8 Å². The van der Waals surface area contributed by atoms with E-state index in [-0.39, 0.29) is 5.91 Å². The fourth-order valence-electron chi connectivity index (χ4n) is 3.13. The van der Waals surface area contributed by atoms with Crippen molar-refractivity contribution in [2.45, 2.75) is 13.0 Å². The summed E-state index contributed by atoms with van der Waals surface area (Å²) in [6.45, 7) is 0.712. The Balaban J connectivity index is 1.33. The zero-order chi connectivity index (χ0) is 19.3. The maximum Gasteiger partial charge on any atom is 0.228 e. The Morgan fingerprint density at radius 3 is 2.39 bits per heavy atom. The number of hydrogen-bond acceptors (Lipinski definition) is 2. The SMILES string of the molecule is O=C(Cc1c[nH]c2ccccc12)Nc1ccc(NCc2ccc(Cl)cc2)cc1. The van der Waals surface area contributed by atoms with Crippen molar-refractivity contribution in [3.8, 4) is 0 Å². The van der Waals surface area contributed by atoms with Gasteiger partial charge in [-0.05, 0) is 53.6 Å². The number of amides is 1. The van der Waals surface area contributed by atoms with Gasteiger partial charge in [-0.1, -0.05) is 41.9 Å². The van der Waals surface area contributed by atoms with Crippen molar-refractivity contribution in [2.24, 2.45) is 0 Å². The zero-order valence-corrected chi connectivity index (χ0v) is 16.0. The molecule has 3 aromatic carbocycles. The molecule has 0 saturated heterocycles. The first-order valence-corrected chi connectivity index (χ1v) is 9.48. The minimum absolute atomic E-state index is 0.0355. The molecule has 0 aliphatic carbocycles. The Labute approximate surface area is 168 Å². The highest BCUT2D eigenvalue weighted by atomic mass is 35.5. The van der Waals surface area contributed by atoms with Crippen LogP contribution in [0.1, 0.15) is 11.1 Å². The van der Waals surface area contributed by atoms with Crippen molar-refractivity contribution in [3.63, 3.8) is 0 Å². The summed E-state index contributed by atoms with van der Waals surface area (Å²) in [5, 5.41) is 8.13. The molecule has 0 aliphatic rings. The molecule has 4 rings (SSSR count). The zero-order valence-electron chi connectivity index (χ0n) is 15.2. The molecule has 5 heteroatoms. The molecule has 0 unspecified atom stereocenters. The van der Waals surface area contributed by atoms with Gasteiger partial charge in [-0.25, -0.2) is 0 Å². The van der Waals surface area contributed by atoms with Gasteiger partial charge in [0.05, 0.1) is 6.42 Å². The first-order valence-electron chi connectivity index (χ1n) is 9.10. The van der Waals surface area contributed by atoms with Gasteiger partial charge in [0.25, 0.3) is 0 Å². The van der Waals surface area contributed by atoms with E-state index < -0.39 is 0 Å². The van der Waals surface area contributed by atoms with Crippen LogP contribution in [0.15, 0.2) is 79.0 Å². The number of rotatable bonds is 6. The molecule has 0 fully saturated rings. The minimum atomic E-state index is -0.0355. The number of fused-ring (bicyclic) bond motifs is 1. The highest BCUT2D eigenvalue weighted by Gasteiger charge is 2.09. The quantitative estimate of drug-likeness (QED) is 0.401. The number of halogens is 1. The molecule has 4 nitrogen and oxygen atoms in total. The number of H-pyrrole nitrogens is 1. The van der Waals surface area contributed by atoms with Gasteiger partial charge in [-0.15, -0.1) is 0 Å². The summed E-state index contributed by atoms with van der Waals surface area (Å²) in [4.78, 5) is 15.6. The van der Waals surface area contributed by atoms with Gasteiger partial charge in [0, 0.05) is 40.0 Å². The second-order valence-electron chi connectivity index (χ2n) is 6.64. The molecule has 0 bridgehead atoms. The molecule has 0 aliphatic heterocycles. The van der Waals surface area contributed by atoms with Gasteiger partial charge in [-0.3, -0.25) is 4.79 Å². The van der Waals surface area contributed by atoms with Crippen molar-refractivity contribution in [1.29, 1.82) is 0 Å². The number of benzene rings is 3. The lowest BCUT2D eigenvalue weighted by Gasteiger charge is -2.09. The molecule has 28 heavy (non-hydrogen) atoms. The van der Waals surface area contributed by atoms with Gasteiger partial charge in [0.2, 0.25) is 5.91 Å². The number of hydrogen-bond donors (Lipinski definition) is 3. The normalized spacial score (nSPS) is 10.8. The molecule has 4 aromatic rings. The van der Waals surface area contributed by atoms with Gasteiger partial charge < -0.3 is 15.6 Å². The summed E-state index contributed by atoms with van der Waals surface area (Å²) < 4.78 is 0. The molecular formula is C23H20ClN3O. The van der Waals surface area contributed by atoms with Gasteiger partial charge in [0.15, 0.2) is 0 Å². The summed E-state index contributed by atoms with van der Waals surface area (Å²) in [7, 11) is 0. The average Bonchev–Trinajstić information content (AvgIpc) is 3.11. The first-order chi connectivity index (χ1) is 13.7. The van der Waals surface area contributed by atoms with E-state index in [0.717, 1.165) is 38.4 Å². The standard InChI is InChI=1S/C23H20ClN3O/c24-18-7-5-16(6-8-18)14-25-19-9-11-20(12-10-19)27-23(28)13-17-15-26-22-4-2-1-3-21(17)22/h1-12,15,25-26H,13-14H2,(H,27,28). The predicted octanol–water partition coefficient (Wildman–Crippen LogP) is 5.61. The summed E-state index contributed by atoms with van der Waals surface area (Å²) in [5.74, 6) is -0.0355. The highest BCUT2D eigenvalue weighted by molar-refractivity contribution is 6.30. The van der Waals surface area contributed by atoms with E-state index in [2.05, 4.69) is 15.6 Å². The Kier molecular flexibility index (Phi) is 5.31. The van der Waals surface area contributed by atoms with Crippen molar-refractivity contribution in [3.05, 3.63) is 95.1 Å². The summed E-state index contributed by atoms with van der Waals surface area (Å²) in [5.41, 5.74) is 4.96. The molecule has 1 heterocycles. The van der Waals surface area contributed by atoms with Crippen LogP contribution in [0, 0.1) is 0 Å². The maximum absolute atomic E-state index is 12.4. The van der Waals surface area contributed by atoms with E-state index in [1.165, 1.54) is 0 Å². The minimum Gasteiger partial charge on any atom is -0.381 e. The molecular weight excluding hydrogens is 370 g/mol. The lowest BCUT2D eigenvalue weighted by atomic mass is 10.1. The summed E-state index contributed by atoms with van der Waals surface area (Å²) in [6, 6.07) is 23.4. The van der Waals surface area contributed by atoms with Crippen molar-refractivity contribution in [1.82, 2.24) is 4.98 Å². The highest BCUT2D eigenvalue weighted by Crippen LogP contribution is 2.19. The number of anilines is 2. The van der Waals surface area contributed by atoms with Crippen LogP contribution in [0.5, 0.6) is 0 Å². The van der Waals surface area contributed by atoms with Crippen LogP contribution < -0.4 is 10.6 Å². The monoisotopic (exact) mass is 389 g/mol. The van der Waals surface area contributed by atoms with Crippen LogP contribution in [0.3, 0.4) is 0 Å². The third kappa shape index (κ3) is 4.35. The van der Waals surface area contributed by atoms with E-state index in [4.69, 9.17) is 11.6 Å². The maximum atomic E-state index is 12.4. The smallest absolute Gasteiger partial charge is 0.228 e. The van der Waals surface area contributed by atoms with Gasteiger partial charge >= 0.3 is 0 Å². The fourth-order valence-corrected chi connectivity index (χ4v) is 3.26. The Morgan fingerprint density at radius 1 is 0.893 bits per heavy atom. The first kappa shape index (κ1) is 18.1. The van der Waals surface area contributed by atoms with E-state index in [1.807, 2.05) is 79.0 Å². The lowest BCUT2D eigenvalue weighted by molar-refractivity contribution is -0.115. The van der Waals surface area contributed by atoms with E-state index in [0.29, 0.717) is 13.0 Å². The van der Waals surface area contributed by atoms with Crippen LogP contribution in [-0.4, -0.2) is 10.9 Å². The Morgan fingerprint density at radius 2 is 1.61 bits per heavy atom. The van der Waals surface area contributed by atoms with Crippen molar-refractivity contribution < 1.29 is 4.79 Å². The molecule has 140 valence electrons. The number of para-hydroxylation sites is 1. The van der Waals surface area contributed by atoms with Crippen LogP contribution in [0.25, 0.3) is 10.9 Å². The number of nitrogens with one attached hydrogen (secondary N) is 3. The molecule has 3 N–H and O–H groups in total. The lowest BCUT2D eigenvalue weighted by Crippen LogP contribution is -2.14. The van der Waals surface area contributed by atoms with Gasteiger partial charge in [-0.2, -0.15) is 0 Å². The van der Waals surface area contributed by atoms with Gasteiger partial charge in [0.1, 0.15) is 0 Å². The second kappa shape index (κ2) is 8.19. The van der Waals surface area contributed by atoms with Crippen LogP contribution in [0.4, 0.5) is 11.4 Å². The largest absolute Gasteiger partial charge is 0.381 e. The van der Waals surface area contributed by atoms with Crippen molar-refractivity contribution in [2.75, 3.05) is 10.6 Å². The third-order valence-corrected chi connectivity index (χ3v) is 4.86. The topological polar surface area (TPSA) is 56.9 Å². The average molecular weight is 390 g/mol. The number of aromatic nitrogens is 1. The van der Waals surface area contributed by atoms with E-state index >= 15 is 0 Å². The fraction of sp³-hybridized carbons (Fsp3) is 0.0870. The molecule has 1 amide bonds. The van der Waals surface area contributed by atoms with Crippen LogP contribution >= 0.6 is 11.6 Å². The number of carbonyl (C=O) groups is 1. The second-order valence-corrected chi connectivity index (χ2v) is 7.08. The molecule has 0 saturated carbocycles. The molecule has 1 aromatic heterocycles.